The Labute approximate surface area is 333 Å². The minimum absolute atomic E-state index is 0.0391. The number of amides is 3. The fourth-order valence-electron chi connectivity index (χ4n) is 5.61. The number of anilines is 4. The summed E-state index contributed by atoms with van der Waals surface area (Å²) in [5, 5.41) is 13.9. The molecule has 1 saturated carbocycles. The molecular formula is C38H36ClF3N10O6. The average Bonchev–Trinajstić information content (AvgIpc) is 3.87. The van der Waals surface area contributed by atoms with Gasteiger partial charge in [0, 0.05) is 47.4 Å². The summed E-state index contributed by atoms with van der Waals surface area (Å²) < 4.78 is 50.5. The van der Waals surface area contributed by atoms with Crippen molar-refractivity contribution in [2.75, 3.05) is 36.2 Å². The Bertz CT molecular complexity index is 2270. The van der Waals surface area contributed by atoms with Crippen LogP contribution in [-0.4, -0.2) is 80.7 Å². The lowest BCUT2D eigenvalue weighted by atomic mass is 10.1. The third kappa shape index (κ3) is 11.0. The molecule has 0 radical (unpaired) electrons. The second-order valence-electron chi connectivity index (χ2n) is 13.1. The second-order valence-corrected chi connectivity index (χ2v) is 13.5. The van der Waals surface area contributed by atoms with Gasteiger partial charge in [0.05, 0.1) is 12.6 Å². The van der Waals surface area contributed by atoms with E-state index in [1.54, 1.807) is 42.6 Å². The summed E-state index contributed by atoms with van der Waals surface area (Å²) in [5.41, 5.74) is 2.05. The van der Waals surface area contributed by atoms with Gasteiger partial charge in [-0.25, -0.2) is 9.78 Å². The monoisotopic (exact) mass is 820 g/mol. The van der Waals surface area contributed by atoms with Gasteiger partial charge < -0.3 is 40.6 Å². The molecule has 0 saturated heterocycles. The largest absolute Gasteiger partial charge is 0.467 e. The maximum absolute atomic E-state index is 13.1. The van der Waals surface area contributed by atoms with Gasteiger partial charge in [-0.1, -0.05) is 35.9 Å². The number of nitrogens with one attached hydrogen (secondary N) is 5. The van der Waals surface area contributed by atoms with Crippen molar-refractivity contribution in [2.24, 2.45) is 0 Å². The number of benzene rings is 3. The molecule has 1 fully saturated rings. The van der Waals surface area contributed by atoms with Crippen LogP contribution >= 0.6 is 11.6 Å². The number of esters is 1. The summed E-state index contributed by atoms with van der Waals surface area (Å²) in [7, 11) is 1.10. The van der Waals surface area contributed by atoms with Gasteiger partial charge in [-0.2, -0.15) is 28.1 Å². The summed E-state index contributed by atoms with van der Waals surface area (Å²) in [5.74, 6) is -3.01. The number of methoxy groups -OCH3 is 1. The fourth-order valence-corrected chi connectivity index (χ4v) is 5.73. The topological polar surface area (TPSA) is 203 Å². The third-order valence-electron chi connectivity index (χ3n) is 8.83. The quantitative estimate of drug-likeness (QED) is 0.0708. The van der Waals surface area contributed by atoms with Crippen molar-refractivity contribution >= 4 is 58.6 Å². The van der Waals surface area contributed by atoms with Crippen LogP contribution in [0.3, 0.4) is 0 Å². The molecule has 1 aliphatic rings. The van der Waals surface area contributed by atoms with Crippen LogP contribution in [0.5, 0.6) is 6.01 Å². The lowest BCUT2D eigenvalue weighted by molar-refractivity contribution is -0.154. The van der Waals surface area contributed by atoms with Crippen molar-refractivity contribution in [2.45, 2.75) is 44.1 Å². The number of halogens is 4. The van der Waals surface area contributed by atoms with E-state index in [0.717, 1.165) is 24.1 Å². The number of hydrogen-bond donors (Lipinski definition) is 5. The second kappa shape index (κ2) is 17.6. The first-order valence-electron chi connectivity index (χ1n) is 17.6. The predicted molar refractivity (Wildman–Crippen MR) is 205 cm³/mol. The Hall–Kier alpha value is -6.76. The molecule has 2 heterocycles. The van der Waals surface area contributed by atoms with Crippen molar-refractivity contribution < 1.29 is 41.8 Å². The first-order chi connectivity index (χ1) is 27.7. The van der Waals surface area contributed by atoms with E-state index in [9.17, 15) is 32.3 Å². The highest BCUT2D eigenvalue weighted by Gasteiger charge is 2.45. The zero-order valence-corrected chi connectivity index (χ0v) is 31.6. The van der Waals surface area contributed by atoms with E-state index >= 15 is 0 Å². The Morgan fingerprint density at radius 3 is 2.19 bits per heavy atom. The molecule has 3 amide bonds. The van der Waals surface area contributed by atoms with E-state index in [2.05, 4.69) is 46.5 Å². The predicted octanol–water partition coefficient (Wildman–Crippen LogP) is 4.89. The standard InChI is InChI=1S/C38H36ClF3N10O6/c1-22-43-17-18-52(22)20-23-3-11-27(12-4-23)45-32(55)31(54)44-19-29(33(56)57-2)47-30(53)24-5-13-28(14-6-24)46-34-48-35(50-36(49-34)58-21-38(40,41)42)51-37(15-16-37)25-7-9-26(39)10-8-25/h3-14,17-18,29H,15-16,19-21H2,1-2H3,(H,44,54)(H,45,55)(H,47,53)(H2,46,48,49,50,51)/t29-/m0/s1. The van der Waals surface area contributed by atoms with Crippen LogP contribution in [0, 0.1) is 6.92 Å². The van der Waals surface area contributed by atoms with Gasteiger partial charge in [0.25, 0.3) is 5.91 Å². The van der Waals surface area contributed by atoms with Crippen LogP contribution in [-0.2, 0) is 31.2 Å². The molecule has 302 valence electrons. The minimum Gasteiger partial charge on any atom is -0.467 e. The van der Waals surface area contributed by atoms with E-state index in [4.69, 9.17) is 21.1 Å². The van der Waals surface area contributed by atoms with Gasteiger partial charge in [-0.05, 0) is 79.4 Å². The Morgan fingerprint density at radius 1 is 0.897 bits per heavy atom. The van der Waals surface area contributed by atoms with Crippen LogP contribution in [0.2, 0.25) is 5.02 Å². The van der Waals surface area contributed by atoms with Crippen LogP contribution < -0.4 is 31.3 Å². The number of imidazole rings is 1. The third-order valence-corrected chi connectivity index (χ3v) is 9.09. The lowest BCUT2D eigenvalue weighted by Gasteiger charge is -2.19. The highest BCUT2D eigenvalue weighted by atomic mass is 35.5. The Morgan fingerprint density at radius 2 is 1.57 bits per heavy atom. The number of alkyl halides is 3. The minimum atomic E-state index is -4.65. The van der Waals surface area contributed by atoms with E-state index in [-0.39, 0.29) is 17.5 Å². The molecular weight excluding hydrogens is 785 g/mol. The maximum atomic E-state index is 13.1. The highest BCUT2D eigenvalue weighted by Crippen LogP contribution is 2.48. The van der Waals surface area contributed by atoms with Gasteiger partial charge >= 0.3 is 30.0 Å². The van der Waals surface area contributed by atoms with Crippen molar-refractivity contribution in [1.82, 2.24) is 35.1 Å². The lowest BCUT2D eigenvalue weighted by Crippen LogP contribution is -2.50. The molecule has 2 aromatic heterocycles. The van der Waals surface area contributed by atoms with Crippen LogP contribution in [0.1, 0.15) is 40.2 Å². The molecule has 1 aliphatic carbocycles. The number of rotatable bonds is 15. The van der Waals surface area contributed by atoms with Crippen molar-refractivity contribution in [3.05, 3.63) is 113 Å². The molecule has 16 nitrogen and oxygen atoms in total. The summed E-state index contributed by atoms with van der Waals surface area (Å²) in [6.45, 7) is 0.351. The van der Waals surface area contributed by atoms with Crippen molar-refractivity contribution in [1.29, 1.82) is 0 Å². The smallest absolute Gasteiger partial charge is 0.422 e. The molecule has 5 N–H and O–H groups in total. The molecule has 6 rings (SSSR count). The first-order valence-corrected chi connectivity index (χ1v) is 18.0. The normalized spacial score (nSPS) is 13.4. The summed E-state index contributed by atoms with van der Waals surface area (Å²) in [6, 6.07) is 17.7. The average molecular weight is 821 g/mol. The molecule has 0 unspecified atom stereocenters. The van der Waals surface area contributed by atoms with Crippen LogP contribution in [0.25, 0.3) is 0 Å². The number of nitrogens with zero attached hydrogens (tertiary/aromatic N) is 5. The number of carbonyl (C=O) groups is 4. The molecule has 0 aliphatic heterocycles. The highest BCUT2D eigenvalue weighted by molar-refractivity contribution is 6.39. The van der Waals surface area contributed by atoms with Crippen LogP contribution in [0.15, 0.2) is 85.2 Å². The van der Waals surface area contributed by atoms with Crippen molar-refractivity contribution in [3.63, 3.8) is 0 Å². The van der Waals surface area contributed by atoms with Gasteiger partial charge in [-0.3, -0.25) is 14.4 Å². The molecule has 5 aromatic rings. The van der Waals surface area contributed by atoms with E-state index in [1.165, 1.54) is 24.3 Å². The van der Waals surface area contributed by atoms with Gasteiger partial charge in [0.2, 0.25) is 11.9 Å². The molecule has 0 bridgehead atoms. The zero-order valence-electron chi connectivity index (χ0n) is 30.9. The number of aryl methyl sites for hydroxylation is 1. The van der Waals surface area contributed by atoms with Gasteiger partial charge in [0.15, 0.2) is 6.61 Å². The van der Waals surface area contributed by atoms with Gasteiger partial charge in [0.1, 0.15) is 11.9 Å². The van der Waals surface area contributed by atoms with E-state index < -0.39 is 60.6 Å². The summed E-state index contributed by atoms with van der Waals surface area (Å²) in [4.78, 5) is 67.4. The molecule has 58 heavy (non-hydrogen) atoms. The van der Waals surface area contributed by atoms with E-state index in [0.29, 0.717) is 35.8 Å². The fraction of sp³-hybridized carbons (Fsp3) is 0.263. The SMILES string of the molecule is COC(=O)[C@H](CNC(=O)C(=O)Nc1ccc(Cn2ccnc2C)cc1)NC(=O)c1ccc(Nc2nc(NC3(c4ccc(Cl)cc4)CC3)nc(OCC(F)(F)F)n2)cc1. The van der Waals surface area contributed by atoms with Crippen molar-refractivity contribution in [3.8, 4) is 6.01 Å². The maximum Gasteiger partial charge on any atom is 0.422 e. The zero-order chi connectivity index (χ0) is 41.5. The molecule has 20 heteroatoms. The molecule has 0 spiro atoms. The summed E-state index contributed by atoms with van der Waals surface area (Å²) >= 11 is 6.03. The molecule has 3 aromatic carbocycles. The number of carbonyl (C=O) groups excluding carboxylic acids is 4. The number of ether oxygens (including phenoxy) is 2. The van der Waals surface area contributed by atoms with E-state index in [1.807, 2.05) is 29.8 Å². The molecule has 1 atom stereocenters. The van der Waals surface area contributed by atoms with Gasteiger partial charge in [-0.15, -0.1) is 0 Å². The number of hydrogen-bond acceptors (Lipinski definition) is 12. The summed E-state index contributed by atoms with van der Waals surface area (Å²) in [6.07, 6.45) is 0.299. The van der Waals surface area contributed by atoms with Crippen LogP contribution in [0.4, 0.5) is 36.4 Å². The Balaban J connectivity index is 1.05. The Kier molecular flexibility index (Phi) is 12.4. The first kappa shape index (κ1) is 40.9. The number of aromatic nitrogens is 5.